The standard InChI is InChI=1S/C30H37N5O4S.ClH/c1-20-8-6-9-21(2)27(20)25-17-26-32-29(31-25)33-40(37,38)24-11-7-10-22(16-24)28(36)35-15-14-34(13-12-30(3,4)5)23(18-35)19-39-26;/h6-11,16-17,23H,12-15,18-19H2,1-5H3,(H,31,32,33);1H. The van der Waals surface area contributed by atoms with E-state index < -0.39 is 10.0 Å². The van der Waals surface area contributed by atoms with E-state index in [0.29, 0.717) is 37.5 Å². The Morgan fingerprint density at radius 3 is 2.44 bits per heavy atom. The number of rotatable bonds is 3. The molecule has 2 aromatic carbocycles. The molecule has 2 aliphatic heterocycles. The topological polar surface area (TPSA) is 105 Å². The Labute approximate surface area is 248 Å². The number of amides is 1. The molecule has 11 heteroatoms. The summed E-state index contributed by atoms with van der Waals surface area (Å²) in [6.07, 6.45) is 1.01. The number of aryl methyl sites for hydroxylation is 2. The number of nitrogens with one attached hydrogen (secondary N) is 1. The van der Waals surface area contributed by atoms with Gasteiger partial charge in [0, 0.05) is 36.8 Å². The molecule has 5 rings (SSSR count). The summed E-state index contributed by atoms with van der Waals surface area (Å²) < 4.78 is 35.5. The summed E-state index contributed by atoms with van der Waals surface area (Å²) in [7, 11) is -4.07. The Morgan fingerprint density at radius 1 is 1.02 bits per heavy atom. The van der Waals surface area contributed by atoms with E-state index in [9.17, 15) is 13.2 Å². The second-order valence-electron chi connectivity index (χ2n) is 11.9. The molecule has 41 heavy (non-hydrogen) atoms. The van der Waals surface area contributed by atoms with E-state index in [1.165, 1.54) is 12.1 Å². The number of hydrogen-bond donors (Lipinski definition) is 1. The Kier molecular flexibility index (Phi) is 8.96. The van der Waals surface area contributed by atoms with Crippen molar-refractivity contribution in [3.8, 4) is 17.1 Å². The molecule has 0 radical (unpaired) electrons. The number of piperazine rings is 1. The van der Waals surface area contributed by atoms with Crippen molar-refractivity contribution in [3.63, 3.8) is 0 Å². The van der Waals surface area contributed by atoms with Gasteiger partial charge in [0.2, 0.25) is 11.8 Å². The van der Waals surface area contributed by atoms with Gasteiger partial charge in [-0.25, -0.2) is 18.1 Å². The number of carbonyl (C=O) groups excluding carboxylic acids is 1. The molecule has 3 heterocycles. The normalized spacial score (nSPS) is 18.9. The molecule has 0 aliphatic carbocycles. The van der Waals surface area contributed by atoms with Crippen LogP contribution in [-0.2, 0) is 10.0 Å². The molecule has 2 aliphatic rings. The predicted octanol–water partition coefficient (Wildman–Crippen LogP) is 4.94. The van der Waals surface area contributed by atoms with Crippen molar-refractivity contribution < 1.29 is 17.9 Å². The van der Waals surface area contributed by atoms with Crippen molar-refractivity contribution in [1.82, 2.24) is 19.8 Å². The summed E-state index contributed by atoms with van der Waals surface area (Å²) in [5, 5.41) is 0. The molecule has 220 valence electrons. The predicted molar refractivity (Wildman–Crippen MR) is 162 cm³/mol. The van der Waals surface area contributed by atoms with Crippen LogP contribution in [-0.4, -0.2) is 72.9 Å². The van der Waals surface area contributed by atoms with Gasteiger partial charge >= 0.3 is 0 Å². The van der Waals surface area contributed by atoms with Crippen molar-refractivity contribution in [3.05, 3.63) is 65.2 Å². The lowest BCUT2D eigenvalue weighted by molar-refractivity contribution is 0.0315. The minimum absolute atomic E-state index is 0. The van der Waals surface area contributed by atoms with Gasteiger partial charge in [-0.2, -0.15) is 4.98 Å². The quantitative estimate of drug-likeness (QED) is 0.455. The second kappa shape index (κ2) is 12.0. The molecule has 1 N–H and O–H groups in total. The third kappa shape index (κ3) is 6.99. The lowest BCUT2D eigenvalue weighted by Crippen LogP contribution is -2.57. The number of hydrogen-bond acceptors (Lipinski definition) is 7. The number of nitrogens with zero attached hydrogens (tertiary/aromatic N) is 4. The van der Waals surface area contributed by atoms with Gasteiger partial charge in [-0.05, 0) is 61.6 Å². The van der Waals surface area contributed by atoms with Crippen molar-refractivity contribution in [2.75, 3.05) is 37.5 Å². The minimum Gasteiger partial charge on any atom is -0.476 e. The van der Waals surface area contributed by atoms with Gasteiger partial charge in [-0.15, -0.1) is 12.4 Å². The molecule has 0 spiro atoms. The summed E-state index contributed by atoms with van der Waals surface area (Å²) in [6, 6.07) is 13.8. The minimum atomic E-state index is -4.07. The number of aromatic nitrogens is 2. The van der Waals surface area contributed by atoms with E-state index in [0.717, 1.165) is 29.7 Å². The molecule has 0 saturated carbocycles. The van der Waals surface area contributed by atoms with Crippen LogP contribution in [0.3, 0.4) is 0 Å². The second-order valence-corrected chi connectivity index (χ2v) is 13.6. The van der Waals surface area contributed by atoms with Gasteiger partial charge in [0.05, 0.1) is 16.6 Å². The van der Waals surface area contributed by atoms with Gasteiger partial charge in [0.1, 0.15) is 6.61 Å². The molecule has 9 nitrogen and oxygen atoms in total. The average molecular weight is 600 g/mol. The van der Waals surface area contributed by atoms with Crippen LogP contribution < -0.4 is 9.46 Å². The van der Waals surface area contributed by atoms with Gasteiger partial charge < -0.3 is 9.64 Å². The highest BCUT2D eigenvalue weighted by atomic mass is 35.5. The zero-order valence-corrected chi connectivity index (χ0v) is 25.8. The van der Waals surface area contributed by atoms with Crippen LogP contribution in [0.1, 0.15) is 48.7 Å². The maximum atomic E-state index is 13.5. The SMILES string of the molecule is Cc1cccc(C)c1-c1cc2nc(n1)NS(=O)(=O)c1cccc(c1)C(=O)N1CCN(CCC(C)(C)C)C(CO2)C1.Cl. The van der Waals surface area contributed by atoms with Crippen molar-refractivity contribution in [2.45, 2.75) is 52.0 Å². The summed E-state index contributed by atoms with van der Waals surface area (Å²) in [5.74, 6) is -0.00384. The number of fused-ring (bicyclic) bond motifs is 6. The van der Waals surface area contributed by atoms with Crippen molar-refractivity contribution in [1.29, 1.82) is 0 Å². The van der Waals surface area contributed by atoms with E-state index in [1.807, 2.05) is 32.0 Å². The first-order chi connectivity index (χ1) is 18.9. The van der Waals surface area contributed by atoms with Crippen molar-refractivity contribution in [2.24, 2.45) is 5.41 Å². The molecule has 3 aromatic rings. The lowest BCUT2D eigenvalue weighted by Gasteiger charge is -2.42. The Bertz CT molecular complexity index is 1520. The maximum absolute atomic E-state index is 13.5. The molecule has 1 saturated heterocycles. The summed E-state index contributed by atoms with van der Waals surface area (Å²) in [6.45, 7) is 13.6. The smallest absolute Gasteiger partial charge is 0.264 e. The molecule has 1 aromatic heterocycles. The van der Waals surface area contributed by atoms with E-state index in [1.54, 1.807) is 23.1 Å². The number of ether oxygens (including phenoxy) is 1. The van der Waals surface area contributed by atoms with Crippen LogP contribution in [0, 0.1) is 19.3 Å². The Morgan fingerprint density at radius 2 is 1.73 bits per heavy atom. The van der Waals surface area contributed by atoms with E-state index >= 15 is 0 Å². The molecule has 1 amide bonds. The number of anilines is 1. The fraction of sp³-hybridized carbons (Fsp3) is 0.433. The van der Waals surface area contributed by atoms with Gasteiger partial charge in [-0.3, -0.25) is 9.69 Å². The molecule has 1 atom stereocenters. The fourth-order valence-corrected chi connectivity index (χ4v) is 6.23. The monoisotopic (exact) mass is 599 g/mol. The Balaban J connectivity index is 0.00000387. The van der Waals surface area contributed by atoms with Crippen LogP contribution in [0.5, 0.6) is 5.88 Å². The number of sulfonamides is 1. The van der Waals surface area contributed by atoms with Gasteiger partial charge in [0.25, 0.3) is 15.9 Å². The van der Waals surface area contributed by atoms with Crippen molar-refractivity contribution >= 4 is 34.3 Å². The summed E-state index contributed by atoms with van der Waals surface area (Å²) in [5.41, 5.74) is 4.00. The van der Waals surface area contributed by atoms with Crippen LogP contribution >= 0.6 is 12.4 Å². The molecule has 6 bridgehead atoms. The number of halogens is 1. The molecular formula is C30H38ClN5O4S. The summed E-state index contributed by atoms with van der Waals surface area (Å²) >= 11 is 0. The third-order valence-electron chi connectivity index (χ3n) is 7.52. The highest BCUT2D eigenvalue weighted by Crippen LogP contribution is 2.30. The van der Waals surface area contributed by atoms with E-state index in [-0.39, 0.29) is 46.5 Å². The van der Waals surface area contributed by atoms with E-state index in [4.69, 9.17) is 4.74 Å². The maximum Gasteiger partial charge on any atom is 0.264 e. The van der Waals surface area contributed by atoms with Crippen LogP contribution in [0.4, 0.5) is 5.95 Å². The van der Waals surface area contributed by atoms with Gasteiger partial charge in [0.15, 0.2) is 0 Å². The van der Waals surface area contributed by atoms with Crippen LogP contribution in [0.25, 0.3) is 11.3 Å². The first-order valence-electron chi connectivity index (χ1n) is 13.6. The molecule has 1 unspecified atom stereocenters. The largest absolute Gasteiger partial charge is 0.476 e. The highest BCUT2D eigenvalue weighted by molar-refractivity contribution is 7.92. The summed E-state index contributed by atoms with van der Waals surface area (Å²) in [4.78, 5) is 26.7. The number of carbonyl (C=O) groups is 1. The zero-order valence-electron chi connectivity index (χ0n) is 24.2. The van der Waals surface area contributed by atoms with Gasteiger partial charge in [-0.1, -0.05) is 45.0 Å². The fourth-order valence-electron chi connectivity index (χ4n) is 5.24. The van der Waals surface area contributed by atoms with Crippen LogP contribution in [0.15, 0.2) is 53.4 Å². The average Bonchev–Trinajstić information content (AvgIpc) is 2.89. The Hall–Kier alpha value is -3.21. The molecule has 1 fully saturated rings. The lowest BCUT2D eigenvalue weighted by atomic mass is 9.91. The molecular weight excluding hydrogens is 562 g/mol. The van der Waals surface area contributed by atoms with Crippen LogP contribution in [0.2, 0.25) is 0 Å². The first-order valence-corrected chi connectivity index (χ1v) is 15.1. The first kappa shape index (κ1) is 30.7. The zero-order chi connectivity index (χ0) is 28.7. The third-order valence-corrected chi connectivity index (χ3v) is 8.85. The number of benzene rings is 2. The highest BCUT2D eigenvalue weighted by Gasteiger charge is 2.32. The van der Waals surface area contributed by atoms with E-state index in [2.05, 4.69) is 40.4 Å².